The highest BCUT2D eigenvalue weighted by Crippen LogP contribution is 2.35. The first-order valence-corrected chi connectivity index (χ1v) is 3.75. The summed E-state index contributed by atoms with van der Waals surface area (Å²) in [6, 6.07) is 0.451. The third-order valence-electron chi connectivity index (χ3n) is 2.23. The average Bonchev–Trinajstić information content (AvgIpc) is 1.58. The van der Waals surface area contributed by atoms with Gasteiger partial charge in [0.15, 0.2) is 0 Å². The van der Waals surface area contributed by atoms with Gasteiger partial charge >= 0.3 is 0 Å². The van der Waals surface area contributed by atoms with E-state index in [4.69, 9.17) is 0 Å². The van der Waals surface area contributed by atoms with Crippen LogP contribution in [-0.4, -0.2) is 22.4 Å². The van der Waals surface area contributed by atoms with Gasteiger partial charge < -0.3 is 4.90 Å². The predicted octanol–water partition coefficient (Wildman–Crippen LogP) is 1.41. The Hall–Kier alpha value is -0.530. The molecule has 2 heteroatoms. The number of likely N-dealkylation sites (tertiary alicyclic amines) is 1. The Morgan fingerprint density at radius 3 is 2.20 bits per heavy atom. The zero-order valence-corrected chi connectivity index (χ0v) is 7.14. The molecule has 0 saturated carbocycles. The number of nitrogens with zero attached hydrogens (tertiary/aromatic N) is 1. The maximum Gasteiger partial charge on any atom is 0.220 e. The first-order valence-electron chi connectivity index (χ1n) is 3.75. The highest BCUT2D eigenvalue weighted by molar-refractivity contribution is 5.75. The first kappa shape index (κ1) is 7.58. The zero-order valence-electron chi connectivity index (χ0n) is 7.14. The molecule has 58 valence electrons. The van der Waals surface area contributed by atoms with Gasteiger partial charge in [0.05, 0.1) is 0 Å². The first-order chi connectivity index (χ1) is 4.45. The summed E-state index contributed by atoms with van der Waals surface area (Å²) in [5.41, 5.74) is 0.116. The minimum Gasteiger partial charge on any atom is -0.335 e. The standard InChI is InChI=1S/C8H15NO/c1-6-5-8(3,4)9(6)7(2)10/h6H,5H2,1-4H3. The average molecular weight is 141 g/mol. The fourth-order valence-electron chi connectivity index (χ4n) is 2.13. The van der Waals surface area contributed by atoms with Crippen molar-refractivity contribution >= 4 is 5.91 Å². The van der Waals surface area contributed by atoms with Gasteiger partial charge in [0, 0.05) is 18.5 Å². The van der Waals surface area contributed by atoms with Crippen LogP contribution in [0.4, 0.5) is 0 Å². The molecule has 1 aliphatic rings. The molecule has 1 fully saturated rings. The lowest BCUT2D eigenvalue weighted by molar-refractivity contribution is -0.149. The van der Waals surface area contributed by atoms with Crippen LogP contribution < -0.4 is 0 Å². The molecule has 0 aromatic rings. The van der Waals surface area contributed by atoms with Crippen molar-refractivity contribution in [2.24, 2.45) is 0 Å². The Morgan fingerprint density at radius 2 is 2.10 bits per heavy atom. The number of amides is 1. The van der Waals surface area contributed by atoms with Gasteiger partial charge in [0.1, 0.15) is 0 Å². The lowest BCUT2D eigenvalue weighted by Crippen LogP contribution is -2.63. The molecule has 2 nitrogen and oxygen atoms in total. The Balaban J connectivity index is 2.66. The van der Waals surface area contributed by atoms with E-state index in [0.717, 1.165) is 6.42 Å². The van der Waals surface area contributed by atoms with E-state index in [-0.39, 0.29) is 11.4 Å². The third kappa shape index (κ3) is 0.917. The molecule has 0 N–H and O–H groups in total. The van der Waals surface area contributed by atoms with Crippen LogP contribution in [0.5, 0.6) is 0 Å². The van der Waals surface area contributed by atoms with Crippen LogP contribution in [0.15, 0.2) is 0 Å². The van der Waals surface area contributed by atoms with E-state index in [1.807, 2.05) is 4.90 Å². The lowest BCUT2D eigenvalue weighted by atomic mass is 9.82. The fraction of sp³-hybridized carbons (Fsp3) is 0.875. The summed E-state index contributed by atoms with van der Waals surface area (Å²) in [5.74, 6) is 0.198. The quantitative estimate of drug-likeness (QED) is 0.499. The molecule has 0 radical (unpaired) electrons. The molecule has 1 rings (SSSR count). The minimum absolute atomic E-state index is 0.116. The van der Waals surface area contributed by atoms with E-state index in [2.05, 4.69) is 20.8 Å². The summed E-state index contributed by atoms with van der Waals surface area (Å²) < 4.78 is 0. The molecular formula is C8H15NO. The van der Waals surface area contributed by atoms with E-state index in [0.29, 0.717) is 6.04 Å². The topological polar surface area (TPSA) is 20.3 Å². The van der Waals surface area contributed by atoms with Gasteiger partial charge in [-0.25, -0.2) is 0 Å². The van der Waals surface area contributed by atoms with Gasteiger partial charge in [-0.2, -0.15) is 0 Å². The summed E-state index contributed by atoms with van der Waals surface area (Å²) in [5, 5.41) is 0. The highest BCUT2D eigenvalue weighted by Gasteiger charge is 2.43. The molecule has 0 aliphatic carbocycles. The molecular weight excluding hydrogens is 126 g/mol. The fourth-order valence-corrected chi connectivity index (χ4v) is 2.13. The summed E-state index contributed by atoms with van der Waals surface area (Å²) in [6.45, 7) is 7.94. The van der Waals surface area contributed by atoms with Crippen molar-refractivity contribution in [1.82, 2.24) is 4.90 Å². The molecule has 1 aliphatic heterocycles. The van der Waals surface area contributed by atoms with Crippen LogP contribution in [0.2, 0.25) is 0 Å². The molecule has 0 aromatic carbocycles. The van der Waals surface area contributed by atoms with E-state index in [1.165, 1.54) is 0 Å². The van der Waals surface area contributed by atoms with Crippen molar-refractivity contribution in [3.05, 3.63) is 0 Å². The van der Waals surface area contributed by atoms with Gasteiger partial charge in [-0.15, -0.1) is 0 Å². The smallest absolute Gasteiger partial charge is 0.220 e. The van der Waals surface area contributed by atoms with Gasteiger partial charge in [-0.05, 0) is 27.2 Å². The SMILES string of the molecule is CC(=O)N1C(C)CC1(C)C. The molecule has 1 saturated heterocycles. The summed E-state index contributed by atoms with van der Waals surface area (Å²) in [7, 11) is 0. The number of hydrogen-bond donors (Lipinski definition) is 0. The Morgan fingerprint density at radius 1 is 1.60 bits per heavy atom. The zero-order chi connectivity index (χ0) is 7.94. The summed E-state index contributed by atoms with van der Waals surface area (Å²) in [6.07, 6.45) is 1.13. The van der Waals surface area contributed by atoms with Crippen molar-refractivity contribution in [3.8, 4) is 0 Å². The van der Waals surface area contributed by atoms with Crippen molar-refractivity contribution in [3.63, 3.8) is 0 Å². The number of hydrogen-bond acceptors (Lipinski definition) is 1. The van der Waals surface area contributed by atoms with E-state index >= 15 is 0 Å². The van der Waals surface area contributed by atoms with Crippen LogP contribution >= 0.6 is 0 Å². The number of carbonyl (C=O) groups is 1. The molecule has 0 aromatic heterocycles. The van der Waals surface area contributed by atoms with Crippen LogP contribution in [0.25, 0.3) is 0 Å². The number of rotatable bonds is 0. The van der Waals surface area contributed by atoms with Crippen LogP contribution in [0.1, 0.15) is 34.1 Å². The van der Waals surface area contributed by atoms with Crippen molar-refractivity contribution < 1.29 is 4.79 Å². The van der Waals surface area contributed by atoms with E-state index in [1.54, 1.807) is 6.92 Å². The van der Waals surface area contributed by atoms with E-state index in [9.17, 15) is 4.79 Å². The maximum atomic E-state index is 11.0. The molecule has 0 spiro atoms. The predicted molar refractivity (Wildman–Crippen MR) is 40.7 cm³/mol. The Bertz CT molecular complexity index is 163. The Kier molecular flexibility index (Phi) is 1.50. The monoisotopic (exact) mass is 141 g/mol. The van der Waals surface area contributed by atoms with Gasteiger partial charge in [0.2, 0.25) is 5.91 Å². The molecule has 10 heavy (non-hydrogen) atoms. The molecule has 1 heterocycles. The van der Waals surface area contributed by atoms with Gasteiger partial charge in [-0.1, -0.05) is 0 Å². The van der Waals surface area contributed by atoms with Crippen LogP contribution in [0, 0.1) is 0 Å². The van der Waals surface area contributed by atoms with Gasteiger partial charge in [0.25, 0.3) is 0 Å². The summed E-state index contributed by atoms with van der Waals surface area (Å²) in [4.78, 5) is 12.9. The normalized spacial score (nSPS) is 29.6. The van der Waals surface area contributed by atoms with Crippen LogP contribution in [0.3, 0.4) is 0 Å². The molecule has 0 bridgehead atoms. The third-order valence-corrected chi connectivity index (χ3v) is 2.23. The maximum absolute atomic E-state index is 11.0. The van der Waals surface area contributed by atoms with E-state index < -0.39 is 0 Å². The van der Waals surface area contributed by atoms with Gasteiger partial charge in [-0.3, -0.25) is 4.79 Å². The second-order valence-electron chi connectivity index (χ2n) is 3.75. The van der Waals surface area contributed by atoms with Crippen molar-refractivity contribution in [2.75, 3.05) is 0 Å². The largest absolute Gasteiger partial charge is 0.335 e. The minimum atomic E-state index is 0.116. The molecule has 1 atom stereocenters. The molecule has 1 amide bonds. The second-order valence-corrected chi connectivity index (χ2v) is 3.75. The number of carbonyl (C=O) groups excluding carboxylic acids is 1. The highest BCUT2D eigenvalue weighted by atomic mass is 16.2. The summed E-state index contributed by atoms with van der Waals surface area (Å²) >= 11 is 0. The Labute approximate surface area is 62.2 Å². The lowest BCUT2D eigenvalue weighted by Gasteiger charge is -2.53. The molecule has 1 unspecified atom stereocenters. The van der Waals surface area contributed by atoms with Crippen LogP contribution in [-0.2, 0) is 4.79 Å². The van der Waals surface area contributed by atoms with Crippen molar-refractivity contribution in [2.45, 2.75) is 45.7 Å². The van der Waals surface area contributed by atoms with Crippen molar-refractivity contribution in [1.29, 1.82) is 0 Å². The second kappa shape index (κ2) is 1.97.